The molecule has 1 amide bonds. The molecule has 1 N–H and O–H groups in total. The Bertz CT molecular complexity index is 948. The molecule has 3 rings (SSSR count). The lowest BCUT2D eigenvalue weighted by Crippen LogP contribution is -2.31. The smallest absolute Gasteiger partial charge is 0.339 e. The third-order valence-corrected chi connectivity index (χ3v) is 4.31. The van der Waals surface area contributed by atoms with Gasteiger partial charge < -0.3 is 14.7 Å². The summed E-state index contributed by atoms with van der Waals surface area (Å²) in [7, 11) is 3.25. The molecule has 1 unspecified atom stereocenters. The molecule has 1 atom stereocenters. The summed E-state index contributed by atoms with van der Waals surface area (Å²) >= 11 is 0. The van der Waals surface area contributed by atoms with Gasteiger partial charge in [-0.3, -0.25) is 4.79 Å². The lowest BCUT2D eigenvalue weighted by Gasteiger charge is -2.21. The van der Waals surface area contributed by atoms with Crippen molar-refractivity contribution in [3.8, 4) is 16.9 Å². The second kappa shape index (κ2) is 8.39. The maximum Gasteiger partial charge on any atom is 0.339 e. The molecule has 0 aliphatic heterocycles. The van der Waals surface area contributed by atoms with Crippen LogP contribution in [0.4, 0.5) is 0 Å². The fourth-order valence-electron chi connectivity index (χ4n) is 2.75. The van der Waals surface area contributed by atoms with Crippen LogP contribution in [0.2, 0.25) is 0 Å². The summed E-state index contributed by atoms with van der Waals surface area (Å²) in [5.74, 6) is -0.678. The highest BCUT2D eigenvalue weighted by Gasteiger charge is 2.26. The first kappa shape index (κ1) is 19.2. The Morgan fingerprint density at radius 3 is 1.89 bits per heavy atom. The Balaban J connectivity index is 1.80. The third kappa shape index (κ3) is 4.38. The van der Waals surface area contributed by atoms with Crippen molar-refractivity contribution in [1.29, 1.82) is 0 Å². The molecule has 0 spiro atoms. The van der Waals surface area contributed by atoms with Gasteiger partial charge in [-0.1, -0.05) is 54.6 Å². The normalized spacial score (nSPS) is 11.5. The second-order valence-electron chi connectivity index (χ2n) is 6.55. The summed E-state index contributed by atoms with van der Waals surface area (Å²) in [5, 5.41) is 9.39. The number of ether oxygens (including phenoxy) is 1. The molecule has 0 bridgehead atoms. The summed E-state index contributed by atoms with van der Waals surface area (Å²) in [5.41, 5.74) is 2.80. The van der Waals surface area contributed by atoms with Gasteiger partial charge in [0.25, 0.3) is 5.91 Å². The van der Waals surface area contributed by atoms with E-state index in [0.717, 1.165) is 11.1 Å². The quantitative estimate of drug-likeness (QED) is 0.684. The molecule has 5 heteroatoms. The summed E-state index contributed by atoms with van der Waals surface area (Å²) in [6, 6.07) is 22.7. The summed E-state index contributed by atoms with van der Waals surface area (Å²) < 4.78 is 5.54. The van der Waals surface area contributed by atoms with E-state index in [4.69, 9.17) is 4.74 Å². The van der Waals surface area contributed by atoms with E-state index in [1.54, 1.807) is 86.9 Å². The molecule has 3 aromatic carbocycles. The van der Waals surface area contributed by atoms with Gasteiger partial charge in [0.15, 0.2) is 0 Å². The minimum atomic E-state index is -1.000. The number of carbonyl (C=O) groups is 2. The number of hydrogen-bond acceptors (Lipinski definition) is 4. The van der Waals surface area contributed by atoms with Gasteiger partial charge in [-0.15, -0.1) is 0 Å². The van der Waals surface area contributed by atoms with Gasteiger partial charge in [0, 0.05) is 19.7 Å². The lowest BCUT2D eigenvalue weighted by atomic mass is 10.0. The zero-order valence-electron chi connectivity index (χ0n) is 15.7. The van der Waals surface area contributed by atoms with Gasteiger partial charge in [-0.05, 0) is 35.4 Å². The van der Waals surface area contributed by atoms with Gasteiger partial charge in [0.1, 0.15) is 5.75 Å². The molecular weight excluding hydrogens is 354 g/mol. The summed E-state index contributed by atoms with van der Waals surface area (Å²) in [6.07, 6.45) is -1.000. The van der Waals surface area contributed by atoms with Gasteiger partial charge in [0.2, 0.25) is 6.10 Å². The summed E-state index contributed by atoms with van der Waals surface area (Å²) in [4.78, 5) is 26.5. The van der Waals surface area contributed by atoms with Crippen molar-refractivity contribution in [2.45, 2.75) is 6.10 Å². The minimum Gasteiger partial charge on any atom is -0.508 e. The number of likely N-dealkylation sites (N-methyl/N-ethyl adjacent to an activating group) is 1. The first-order chi connectivity index (χ1) is 13.5. The van der Waals surface area contributed by atoms with E-state index in [1.165, 1.54) is 4.90 Å². The van der Waals surface area contributed by atoms with E-state index in [9.17, 15) is 14.7 Å². The van der Waals surface area contributed by atoms with Crippen LogP contribution in [0.25, 0.3) is 11.1 Å². The molecule has 0 heterocycles. The number of phenols is 1. The van der Waals surface area contributed by atoms with Crippen LogP contribution < -0.4 is 0 Å². The predicted molar refractivity (Wildman–Crippen MR) is 107 cm³/mol. The van der Waals surface area contributed by atoms with E-state index in [1.807, 2.05) is 6.07 Å². The maximum absolute atomic E-state index is 12.6. The Labute approximate surface area is 163 Å². The zero-order chi connectivity index (χ0) is 20.1. The van der Waals surface area contributed by atoms with E-state index in [0.29, 0.717) is 11.1 Å². The molecule has 0 saturated carbocycles. The fraction of sp³-hybridized carbons (Fsp3) is 0.130. The first-order valence-corrected chi connectivity index (χ1v) is 8.82. The van der Waals surface area contributed by atoms with Crippen molar-refractivity contribution in [3.05, 3.63) is 90.0 Å². The van der Waals surface area contributed by atoms with Crippen molar-refractivity contribution in [2.24, 2.45) is 0 Å². The topological polar surface area (TPSA) is 66.8 Å². The van der Waals surface area contributed by atoms with Crippen LogP contribution in [0.5, 0.6) is 5.75 Å². The average molecular weight is 375 g/mol. The van der Waals surface area contributed by atoms with E-state index in [-0.39, 0.29) is 11.7 Å². The fourth-order valence-corrected chi connectivity index (χ4v) is 2.75. The van der Waals surface area contributed by atoms with Gasteiger partial charge in [-0.25, -0.2) is 4.79 Å². The monoisotopic (exact) mass is 375 g/mol. The van der Waals surface area contributed by atoms with Crippen LogP contribution >= 0.6 is 0 Å². The highest BCUT2D eigenvalue weighted by atomic mass is 16.5. The number of carbonyl (C=O) groups excluding carboxylic acids is 2. The number of amides is 1. The number of nitrogens with zero attached hydrogens (tertiary/aromatic N) is 1. The molecule has 3 aromatic rings. The second-order valence-corrected chi connectivity index (χ2v) is 6.55. The number of phenolic OH excluding ortho intramolecular Hbond substituents is 1. The lowest BCUT2D eigenvalue weighted by molar-refractivity contribution is -0.138. The average Bonchev–Trinajstić information content (AvgIpc) is 2.72. The molecule has 0 fully saturated rings. The highest BCUT2D eigenvalue weighted by molar-refractivity contribution is 5.93. The van der Waals surface area contributed by atoms with Crippen molar-refractivity contribution < 1.29 is 19.4 Å². The SMILES string of the molecule is CN(C)C(=O)C(OC(=O)c1ccc(-c2ccc(O)cc2)cc1)c1ccccc1. The molecule has 28 heavy (non-hydrogen) atoms. The van der Waals surface area contributed by atoms with E-state index >= 15 is 0 Å². The standard InChI is InChI=1S/C23H21NO4/c1-24(2)22(26)21(18-6-4-3-5-7-18)28-23(27)19-10-8-16(9-11-19)17-12-14-20(25)15-13-17/h3-15,21,25H,1-2H3. The Kier molecular flexibility index (Phi) is 5.75. The zero-order valence-corrected chi connectivity index (χ0v) is 15.7. The molecule has 0 radical (unpaired) electrons. The molecule has 0 aliphatic carbocycles. The Hall–Kier alpha value is -3.60. The number of rotatable bonds is 5. The van der Waals surface area contributed by atoms with E-state index in [2.05, 4.69) is 0 Å². The minimum absolute atomic E-state index is 0.196. The number of aromatic hydroxyl groups is 1. The molecule has 0 aliphatic rings. The van der Waals surface area contributed by atoms with E-state index < -0.39 is 12.1 Å². The van der Waals surface area contributed by atoms with Crippen molar-refractivity contribution >= 4 is 11.9 Å². The number of benzene rings is 3. The van der Waals surface area contributed by atoms with Gasteiger partial charge in [0.05, 0.1) is 5.56 Å². The van der Waals surface area contributed by atoms with Gasteiger partial charge >= 0.3 is 5.97 Å². The van der Waals surface area contributed by atoms with Crippen molar-refractivity contribution in [3.63, 3.8) is 0 Å². The molecule has 5 nitrogen and oxygen atoms in total. The molecule has 0 aromatic heterocycles. The first-order valence-electron chi connectivity index (χ1n) is 8.82. The molecular formula is C23H21NO4. The predicted octanol–water partition coefficient (Wildman–Crippen LogP) is 4.05. The van der Waals surface area contributed by atoms with Crippen molar-refractivity contribution in [2.75, 3.05) is 14.1 Å². The third-order valence-electron chi connectivity index (χ3n) is 4.31. The van der Waals surface area contributed by atoms with Gasteiger partial charge in [-0.2, -0.15) is 0 Å². The maximum atomic E-state index is 12.6. The Morgan fingerprint density at radius 1 is 0.821 bits per heavy atom. The number of hydrogen-bond donors (Lipinski definition) is 1. The largest absolute Gasteiger partial charge is 0.508 e. The van der Waals surface area contributed by atoms with Crippen LogP contribution in [-0.4, -0.2) is 36.0 Å². The Morgan fingerprint density at radius 2 is 1.36 bits per heavy atom. The molecule has 142 valence electrons. The highest BCUT2D eigenvalue weighted by Crippen LogP contribution is 2.24. The van der Waals surface area contributed by atoms with Crippen LogP contribution in [0.3, 0.4) is 0 Å². The van der Waals surface area contributed by atoms with Crippen LogP contribution in [0.1, 0.15) is 22.0 Å². The number of esters is 1. The van der Waals surface area contributed by atoms with Crippen molar-refractivity contribution in [1.82, 2.24) is 4.90 Å². The van der Waals surface area contributed by atoms with Crippen LogP contribution in [0, 0.1) is 0 Å². The van der Waals surface area contributed by atoms with Crippen LogP contribution in [-0.2, 0) is 9.53 Å². The molecule has 0 saturated heterocycles. The van der Waals surface area contributed by atoms with Crippen LogP contribution in [0.15, 0.2) is 78.9 Å². The summed E-state index contributed by atoms with van der Waals surface area (Å²) in [6.45, 7) is 0.